The molecule has 0 spiro atoms. The summed E-state index contributed by atoms with van der Waals surface area (Å²) in [6.45, 7) is 0. The summed E-state index contributed by atoms with van der Waals surface area (Å²) in [5.41, 5.74) is 0. The smallest absolute Gasteiger partial charge is 0.744 e. The summed E-state index contributed by atoms with van der Waals surface area (Å²) < 4.78 is 69.4. The van der Waals surface area contributed by atoms with Gasteiger partial charge in [-0.3, -0.25) is 0 Å². The molecule has 126 valence electrons. The van der Waals surface area contributed by atoms with Gasteiger partial charge in [-0.1, -0.05) is 47.5 Å². The predicted octanol–water partition coefficient (Wildman–Crippen LogP) is -2.88. The minimum Gasteiger partial charge on any atom is -0.744 e. The Morgan fingerprint density at radius 2 is 1.12 bits per heavy atom. The summed E-state index contributed by atoms with van der Waals surface area (Å²) in [7, 11) is -10.7. The van der Waals surface area contributed by atoms with Crippen molar-refractivity contribution in [2.75, 3.05) is 0 Å². The van der Waals surface area contributed by atoms with Crippen LogP contribution >= 0.6 is 23.2 Å². The van der Waals surface area contributed by atoms with E-state index in [1.807, 2.05) is 0 Å². The molecule has 0 amide bonds. The number of halogens is 2. The molecule has 0 aliphatic heterocycles. The topological polar surface area (TPSA) is 114 Å². The molecule has 0 heterocycles. The third-order valence-electron chi connectivity index (χ3n) is 3.47. The Morgan fingerprint density at radius 1 is 0.692 bits per heavy atom. The van der Waals surface area contributed by atoms with Crippen LogP contribution in [-0.4, -0.2) is 25.9 Å². The standard InChI is InChI=1S/C14H8Cl2O6S2.2Na/c15-11-9-5-7-3-1-2-4-8(7)6-10(9)13(23(17,18)19)14(12(11)16)24(20,21)22;;/h1-6H,(H,17,18,19)(H,20,21,22);;/q;2*+1/p-2. The zero-order valence-corrected chi connectivity index (χ0v) is 20.6. The molecular weight excluding hydrogens is 445 g/mol. The molecule has 0 atom stereocenters. The van der Waals surface area contributed by atoms with Crippen LogP contribution in [0.1, 0.15) is 0 Å². The van der Waals surface area contributed by atoms with Crippen molar-refractivity contribution >= 4 is 65.0 Å². The molecule has 0 unspecified atom stereocenters. The van der Waals surface area contributed by atoms with Gasteiger partial charge >= 0.3 is 59.1 Å². The second-order valence-corrected chi connectivity index (χ2v) is 8.33. The quantitative estimate of drug-likeness (QED) is 0.235. The maximum atomic E-state index is 11.7. The summed E-state index contributed by atoms with van der Waals surface area (Å²) in [6.07, 6.45) is 0. The van der Waals surface area contributed by atoms with Crippen LogP contribution in [0.2, 0.25) is 10.0 Å². The van der Waals surface area contributed by atoms with E-state index in [1.54, 1.807) is 24.3 Å². The first kappa shape index (κ1) is 24.6. The van der Waals surface area contributed by atoms with E-state index in [-0.39, 0.29) is 74.9 Å². The van der Waals surface area contributed by atoms with Gasteiger partial charge in [-0.2, -0.15) is 0 Å². The minimum atomic E-state index is -5.36. The third kappa shape index (κ3) is 4.42. The number of hydrogen-bond donors (Lipinski definition) is 0. The van der Waals surface area contributed by atoms with Crippen LogP contribution in [0, 0.1) is 0 Å². The zero-order valence-electron chi connectivity index (χ0n) is 13.5. The Balaban J connectivity index is 0.00000169. The molecule has 12 heteroatoms. The van der Waals surface area contributed by atoms with Crippen LogP contribution in [0.25, 0.3) is 21.5 Å². The van der Waals surface area contributed by atoms with E-state index in [9.17, 15) is 25.9 Å². The zero-order chi connectivity index (χ0) is 17.9. The molecule has 6 nitrogen and oxygen atoms in total. The van der Waals surface area contributed by atoms with Gasteiger partial charge in [0, 0.05) is 10.8 Å². The van der Waals surface area contributed by atoms with Gasteiger partial charge < -0.3 is 9.11 Å². The van der Waals surface area contributed by atoms with Crippen molar-refractivity contribution in [3.05, 3.63) is 46.4 Å². The third-order valence-corrected chi connectivity index (χ3v) is 6.41. The molecule has 3 aromatic rings. The van der Waals surface area contributed by atoms with E-state index in [0.717, 1.165) is 0 Å². The fraction of sp³-hybridized carbons (Fsp3) is 0. The first-order valence-electron chi connectivity index (χ1n) is 6.27. The summed E-state index contributed by atoms with van der Waals surface area (Å²) in [5, 5.41) is -0.129. The molecular formula is C14H6Cl2Na2O6S2. The van der Waals surface area contributed by atoms with Crippen LogP contribution < -0.4 is 59.1 Å². The molecule has 0 N–H and O–H groups in total. The SMILES string of the molecule is O=S(=O)([O-])c1c(Cl)c(Cl)c2cc3ccccc3cc2c1S(=O)(=O)[O-].[Na+].[Na+]. The molecule has 0 saturated heterocycles. The van der Waals surface area contributed by atoms with Crippen LogP contribution in [0.4, 0.5) is 0 Å². The van der Waals surface area contributed by atoms with Crippen LogP contribution in [0.5, 0.6) is 0 Å². The second-order valence-electron chi connectivity index (χ2n) is 4.94. The summed E-state index contributed by atoms with van der Waals surface area (Å²) >= 11 is 11.8. The summed E-state index contributed by atoms with van der Waals surface area (Å²) in [5.74, 6) is 0. The molecule has 0 radical (unpaired) electrons. The molecule has 26 heavy (non-hydrogen) atoms. The molecule has 0 aliphatic rings. The monoisotopic (exact) mass is 450 g/mol. The summed E-state index contributed by atoms with van der Waals surface area (Å²) in [6, 6.07) is 9.49. The van der Waals surface area contributed by atoms with E-state index in [4.69, 9.17) is 23.2 Å². The average Bonchev–Trinajstić information content (AvgIpc) is 2.46. The maximum absolute atomic E-state index is 11.7. The Hall–Kier alpha value is 0.580. The molecule has 0 bridgehead atoms. The van der Waals surface area contributed by atoms with Gasteiger partial charge in [0.05, 0.1) is 19.8 Å². The summed E-state index contributed by atoms with van der Waals surface area (Å²) in [4.78, 5) is -2.51. The van der Waals surface area contributed by atoms with Gasteiger partial charge in [-0.15, -0.1) is 0 Å². The van der Waals surface area contributed by atoms with E-state index in [2.05, 4.69) is 0 Å². The molecule has 0 fully saturated rings. The predicted molar refractivity (Wildman–Crippen MR) is 87.4 cm³/mol. The van der Waals surface area contributed by atoms with Gasteiger partial charge in [0.25, 0.3) is 0 Å². The fourth-order valence-electron chi connectivity index (χ4n) is 2.52. The van der Waals surface area contributed by atoms with Crippen molar-refractivity contribution in [3.63, 3.8) is 0 Å². The van der Waals surface area contributed by atoms with Crippen LogP contribution in [0.3, 0.4) is 0 Å². The maximum Gasteiger partial charge on any atom is 1.00 e. The number of rotatable bonds is 2. The second kappa shape index (κ2) is 8.52. The van der Waals surface area contributed by atoms with Gasteiger partial charge in [0.1, 0.15) is 20.2 Å². The molecule has 0 aliphatic carbocycles. The molecule has 3 rings (SSSR count). The van der Waals surface area contributed by atoms with E-state index >= 15 is 0 Å². The Kier molecular flexibility index (Phi) is 8.07. The van der Waals surface area contributed by atoms with Gasteiger partial charge in [-0.25, -0.2) is 16.8 Å². The van der Waals surface area contributed by atoms with Gasteiger partial charge in [-0.05, 0) is 22.9 Å². The van der Waals surface area contributed by atoms with E-state index in [1.165, 1.54) is 12.1 Å². The van der Waals surface area contributed by atoms with E-state index in [0.29, 0.717) is 10.8 Å². The first-order valence-corrected chi connectivity index (χ1v) is 9.84. The molecule has 0 saturated carbocycles. The largest absolute Gasteiger partial charge is 1.00 e. The molecule has 3 aromatic carbocycles. The number of benzene rings is 3. The Labute approximate surface area is 203 Å². The Bertz CT molecular complexity index is 1230. The van der Waals surface area contributed by atoms with Crippen LogP contribution in [0.15, 0.2) is 46.2 Å². The fourth-order valence-corrected chi connectivity index (χ4v) is 5.40. The average molecular weight is 451 g/mol. The van der Waals surface area contributed by atoms with Crippen molar-refractivity contribution < 1.29 is 85.1 Å². The minimum absolute atomic E-state index is 0. The van der Waals surface area contributed by atoms with Crippen molar-refractivity contribution in [2.24, 2.45) is 0 Å². The van der Waals surface area contributed by atoms with Crippen molar-refractivity contribution in [1.29, 1.82) is 0 Å². The number of hydrogen-bond acceptors (Lipinski definition) is 6. The van der Waals surface area contributed by atoms with Crippen molar-refractivity contribution in [3.8, 4) is 0 Å². The normalized spacial score (nSPS) is 11.8. The number of fused-ring (bicyclic) bond motifs is 2. The first-order chi connectivity index (χ1) is 11.0. The van der Waals surface area contributed by atoms with Crippen LogP contribution in [-0.2, 0) is 20.2 Å². The Morgan fingerprint density at radius 3 is 1.54 bits per heavy atom. The van der Waals surface area contributed by atoms with Crippen molar-refractivity contribution in [1.82, 2.24) is 0 Å². The van der Waals surface area contributed by atoms with E-state index < -0.39 is 35.0 Å². The van der Waals surface area contributed by atoms with Gasteiger partial charge in [0.2, 0.25) is 0 Å². The molecule has 0 aromatic heterocycles. The van der Waals surface area contributed by atoms with Gasteiger partial charge in [0.15, 0.2) is 0 Å². The van der Waals surface area contributed by atoms with Crippen molar-refractivity contribution in [2.45, 2.75) is 9.79 Å².